The van der Waals surface area contributed by atoms with Gasteiger partial charge in [-0.15, -0.1) is 0 Å². The molecule has 0 bridgehead atoms. The fourth-order valence-corrected chi connectivity index (χ4v) is 2.60. The van der Waals surface area contributed by atoms with Gasteiger partial charge in [0.1, 0.15) is 0 Å². The second-order valence-corrected chi connectivity index (χ2v) is 6.39. The van der Waals surface area contributed by atoms with Gasteiger partial charge in [-0.3, -0.25) is 9.59 Å². The first-order chi connectivity index (χ1) is 13.1. The Morgan fingerprint density at radius 1 is 1.19 bits per heavy atom. The van der Waals surface area contributed by atoms with Crippen LogP contribution < -0.4 is 10.9 Å². The van der Waals surface area contributed by atoms with E-state index in [-0.39, 0.29) is 30.3 Å². The van der Waals surface area contributed by atoms with Crippen LogP contribution in [0.2, 0.25) is 5.02 Å². The Morgan fingerprint density at radius 2 is 1.93 bits per heavy atom. The summed E-state index contributed by atoms with van der Waals surface area (Å²) in [4.78, 5) is 32.9. The second-order valence-electron chi connectivity index (χ2n) is 5.96. The first-order valence-corrected chi connectivity index (χ1v) is 8.79. The molecular weight excluding hydrogens is 370 g/mol. The number of carbonyl (C=O) groups excluding carboxylic acids is 1. The SMILES string of the molecule is O=C(Cc1cnc2ncc(CCCO)nn2c1=O)NCc1ccc(Cl)cc1. The van der Waals surface area contributed by atoms with Gasteiger partial charge in [0, 0.05) is 29.9 Å². The van der Waals surface area contributed by atoms with Crippen molar-refractivity contribution >= 4 is 23.3 Å². The number of fused-ring (bicyclic) bond motifs is 1. The minimum Gasteiger partial charge on any atom is -0.396 e. The normalized spacial score (nSPS) is 10.9. The summed E-state index contributed by atoms with van der Waals surface area (Å²) in [6.45, 7) is 0.365. The van der Waals surface area contributed by atoms with Crippen LogP contribution >= 0.6 is 11.6 Å². The average Bonchev–Trinajstić information content (AvgIpc) is 2.68. The van der Waals surface area contributed by atoms with E-state index in [4.69, 9.17) is 16.7 Å². The molecule has 0 saturated heterocycles. The van der Waals surface area contributed by atoms with Crippen LogP contribution in [0.15, 0.2) is 41.5 Å². The number of aromatic nitrogens is 4. The lowest BCUT2D eigenvalue weighted by Gasteiger charge is -2.07. The number of aliphatic hydroxyl groups is 1. The van der Waals surface area contributed by atoms with E-state index in [1.54, 1.807) is 12.1 Å². The Kier molecular flexibility index (Phi) is 6.10. The van der Waals surface area contributed by atoms with Crippen molar-refractivity contribution in [2.24, 2.45) is 0 Å². The van der Waals surface area contributed by atoms with Crippen LogP contribution in [0.5, 0.6) is 0 Å². The smallest absolute Gasteiger partial charge is 0.279 e. The van der Waals surface area contributed by atoms with E-state index in [1.165, 1.54) is 12.4 Å². The number of nitrogens with one attached hydrogen (secondary N) is 1. The maximum atomic E-state index is 12.6. The maximum absolute atomic E-state index is 12.6. The lowest BCUT2D eigenvalue weighted by molar-refractivity contribution is -0.120. The highest BCUT2D eigenvalue weighted by molar-refractivity contribution is 6.30. The summed E-state index contributed by atoms with van der Waals surface area (Å²) in [7, 11) is 0. The molecule has 0 aliphatic heterocycles. The van der Waals surface area contributed by atoms with E-state index in [2.05, 4.69) is 20.4 Å². The fraction of sp³-hybridized carbons (Fsp3) is 0.278. The highest BCUT2D eigenvalue weighted by atomic mass is 35.5. The van der Waals surface area contributed by atoms with Crippen LogP contribution in [0.1, 0.15) is 23.2 Å². The number of rotatable bonds is 7. The molecule has 8 nitrogen and oxygen atoms in total. The Hall–Kier alpha value is -2.84. The molecule has 0 saturated carbocycles. The van der Waals surface area contributed by atoms with Gasteiger partial charge < -0.3 is 10.4 Å². The predicted molar refractivity (Wildman–Crippen MR) is 99.5 cm³/mol. The van der Waals surface area contributed by atoms with Gasteiger partial charge in [-0.2, -0.15) is 9.61 Å². The zero-order valence-electron chi connectivity index (χ0n) is 14.4. The molecular formula is C18H18ClN5O3. The predicted octanol–water partition coefficient (Wildman–Crippen LogP) is 0.922. The summed E-state index contributed by atoms with van der Waals surface area (Å²) in [5.74, 6) is -0.133. The highest BCUT2D eigenvalue weighted by Gasteiger charge is 2.12. The molecule has 3 aromatic rings. The van der Waals surface area contributed by atoms with Gasteiger partial charge in [-0.05, 0) is 30.5 Å². The van der Waals surface area contributed by atoms with Crippen molar-refractivity contribution in [1.82, 2.24) is 24.9 Å². The Morgan fingerprint density at radius 3 is 2.67 bits per heavy atom. The van der Waals surface area contributed by atoms with Crippen molar-refractivity contribution in [1.29, 1.82) is 0 Å². The zero-order valence-corrected chi connectivity index (χ0v) is 15.2. The van der Waals surface area contributed by atoms with E-state index in [1.807, 2.05) is 12.1 Å². The summed E-state index contributed by atoms with van der Waals surface area (Å²) in [6, 6.07) is 7.13. The number of aliphatic hydroxyl groups excluding tert-OH is 1. The number of hydrogen-bond acceptors (Lipinski definition) is 6. The molecule has 2 aromatic heterocycles. The molecule has 0 atom stereocenters. The zero-order chi connectivity index (χ0) is 19.2. The van der Waals surface area contributed by atoms with Crippen molar-refractivity contribution in [2.75, 3.05) is 6.61 Å². The molecule has 0 aliphatic carbocycles. The molecule has 0 radical (unpaired) electrons. The number of aryl methyl sites for hydroxylation is 1. The van der Waals surface area contributed by atoms with Crippen LogP contribution in [0.4, 0.5) is 0 Å². The maximum Gasteiger partial charge on any atom is 0.279 e. The first kappa shape index (κ1) is 18.9. The number of benzene rings is 1. The van der Waals surface area contributed by atoms with Gasteiger partial charge in [0.15, 0.2) is 0 Å². The van der Waals surface area contributed by atoms with Crippen molar-refractivity contribution in [3.05, 3.63) is 68.9 Å². The minimum atomic E-state index is -0.431. The fourth-order valence-electron chi connectivity index (χ4n) is 2.47. The van der Waals surface area contributed by atoms with Crippen LogP contribution in [0, 0.1) is 0 Å². The quantitative estimate of drug-likeness (QED) is 0.624. The second kappa shape index (κ2) is 8.70. The molecule has 9 heteroatoms. The Bertz CT molecular complexity index is 1000. The number of amides is 1. The van der Waals surface area contributed by atoms with Crippen molar-refractivity contribution in [2.45, 2.75) is 25.8 Å². The van der Waals surface area contributed by atoms with E-state index in [9.17, 15) is 9.59 Å². The summed E-state index contributed by atoms with van der Waals surface area (Å²) < 4.78 is 1.09. The van der Waals surface area contributed by atoms with Crippen LogP contribution in [0.3, 0.4) is 0 Å². The van der Waals surface area contributed by atoms with Crippen LogP contribution in [-0.2, 0) is 24.2 Å². The van der Waals surface area contributed by atoms with E-state index in [0.29, 0.717) is 30.1 Å². The van der Waals surface area contributed by atoms with Gasteiger partial charge in [-0.1, -0.05) is 23.7 Å². The molecule has 1 aromatic carbocycles. The summed E-state index contributed by atoms with van der Waals surface area (Å²) in [6.07, 6.45) is 3.79. The van der Waals surface area contributed by atoms with E-state index in [0.717, 1.165) is 10.1 Å². The van der Waals surface area contributed by atoms with Gasteiger partial charge in [0.25, 0.3) is 11.3 Å². The lowest BCUT2D eigenvalue weighted by atomic mass is 10.2. The number of carbonyl (C=O) groups is 1. The molecule has 27 heavy (non-hydrogen) atoms. The third-order valence-electron chi connectivity index (χ3n) is 3.89. The molecule has 0 unspecified atom stereocenters. The topological polar surface area (TPSA) is 109 Å². The molecule has 2 heterocycles. The summed E-state index contributed by atoms with van der Waals surface area (Å²) in [5, 5.41) is 16.5. The van der Waals surface area contributed by atoms with E-state index < -0.39 is 5.56 Å². The number of hydrogen-bond donors (Lipinski definition) is 2. The lowest BCUT2D eigenvalue weighted by Crippen LogP contribution is -2.30. The molecule has 3 rings (SSSR count). The highest BCUT2D eigenvalue weighted by Crippen LogP contribution is 2.09. The van der Waals surface area contributed by atoms with Gasteiger partial charge in [0.2, 0.25) is 5.91 Å². The van der Waals surface area contributed by atoms with Crippen molar-refractivity contribution in [3.8, 4) is 0 Å². The first-order valence-electron chi connectivity index (χ1n) is 8.41. The van der Waals surface area contributed by atoms with Crippen LogP contribution in [-0.4, -0.2) is 37.2 Å². The average molecular weight is 388 g/mol. The van der Waals surface area contributed by atoms with Crippen LogP contribution in [0.25, 0.3) is 5.78 Å². The Labute approximate surface area is 159 Å². The molecule has 0 aliphatic rings. The minimum absolute atomic E-state index is 0.0285. The number of halogens is 1. The largest absolute Gasteiger partial charge is 0.396 e. The standard InChI is InChI=1S/C18H18ClN5O3/c19-14-5-3-12(4-6-14)9-20-16(26)8-13-10-21-18-22-11-15(2-1-7-25)23-24(18)17(13)27/h3-6,10-11,25H,1-2,7-9H2,(H,20,26). The van der Waals surface area contributed by atoms with E-state index >= 15 is 0 Å². The molecule has 2 N–H and O–H groups in total. The molecule has 1 amide bonds. The third-order valence-corrected chi connectivity index (χ3v) is 4.15. The van der Waals surface area contributed by atoms with Gasteiger partial charge in [-0.25, -0.2) is 9.97 Å². The van der Waals surface area contributed by atoms with Gasteiger partial charge >= 0.3 is 0 Å². The van der Waals surface area contributed by atoms with Crippen molar-refractivity contribution in [3.63, 3.8) is 0 Å². The molecule has 140 valence electrons. The molecule has 0 spiro atoms. The number of nitrogens with zero attached hydrogens (tertiary/aromatic N) is 4. The van der Waals surface area contributed by atoms with Gasteiger partial charge in [0.05, 0.1) is 18.3 Å². The summed E-state index contributed by atoms with van der Waals surface area (Å²) >= 11 is 5.83. The summed E-state index contributed by atoms with van der Waals surface area (Å²) in [5.41, 5.74) is 1.28. The third kappa shape index (κ3) is 4.87. The monoisotopic (exact) mass is 387 g/mol. The Balaban J connectivity index is 1.71. The van der Waals surface area contributed by atoms with Crippen molar-refractivity contribution < 1.29 is 9.90 Å². The molecule has 0 fully saturated rings.